The molecule has 0 N–H and O–H groups in total. The fourth-order valence-corrected chi connectivity index (χ4v) is 4.13. The highest BCUT2D eigenvalue weighted by atomic mass is 32.2. The van der Waals surface area contributed by atoms with E-state index in [1.54, 1.807) is 0 Å². The van der Waals surface area contributed by atoms with Crippen LogP contribution in [0.2, 0.25) is 0 Å². The van der Waals surface area contributed by atoms with E-state index in [4.69, 9.17) is 0 Å². The molecular formula is C15H26N2OS. The van der Waals surface area contributed by atoms with Gasteiger partial charge in [0.05, 0.1) is 0 Å². The van der Waals surface area contributed by atoms with Gasteiger partial charge in [0, 0.05) is 42.9 Å². The topological polar surface area (TPSA) is 23.6 Å². The van der Waals surface area contributed by atoms with Gasteiger partial charge in [0.1, 0.15) is 0 Å². The Bertz CT molecular complexity index is 293. The normalized spacial score (nSPS) is 22.1. The first-order valence-corrected chi connectivity index (χ1v) is 8.58. The summed E-state index contributed by atoms with van der Waals surface area (Å²) in [6.07, 6.45) is 9.38. The number of hydrogen-bond donors (Lipinski definition) is 0. The highest BCUT2D eigenvalue weighted by Gasteiger charge is 2.18. The lowest BCUT2D eigenvalue weighted by Crippen LogP contribution is -2.45. The van der Waals surface area contributed by atoms with Crippen molar-refractivity contribution in [1.82, 2.24) is 9.80 Å². The number of carbonyl (C=O) groups is 1. The monoisotopic (exact) mass is 282 g/mol. The molecule has 19 heavy (non-hydrogen) atoms. The summed E-state index contributed by atoms with van der Waals surface area (Å²) in [6.45, 7) is 7.82. The summed E-state index contributed by atoms with van der Waals surface area (Å²) >= 11 is 2.09. The molecule has 1 saturated heterocycles. The molecule has 2 fully saturated rings. The SMILES string of the molecule is C=C(CSC1CCCCCC1)N1CCN(C=O)CC1. The first kappa shape index (κ1) is 14.8. The van der Waals surface area contributed by atoms with Crippen molar-refractivity contribution < 1.29 is 4.79 Å². The molecule has 0 radical (unpaired) electrons. The maximum absolute atomic E-state index is 10.7. The van der Waals surface area contributed by atoms with Gasteiger partial charge in [-0.05, 0) is 12.8 Å². The average molecular weight is 282 g/mol. The summed E-state index contributed by atoms with van der Waals surface area (Å²) in [5.74, 6) is 1.06. The number of amides is 1. The van der Waals surface area contributed by atoms with Crippen LogP contribution in [-0.2, 0) is 4.79 Å². The highest BCUT2D eigenvalue weighted by Crippen LogP contribution is 2.28. The van der Waals surface area contributed by atoms with Crippen LogP contribution < -0.4 is 0 Å². The lowest BCUT2D eigenvalue weighted by atomic mass is 10.2. The highest BCUT2D eigenvalue weighted by molar-refractivity contribution is 8.00. The number of nitrogens with zero attached hydrogens (tertiary/aromatic N) is 2. The van der Waals surface area contributed by atoms with E-state index in [9.17, 15) is 4.79 Å². The van der Waals surface area contributed by atoms with E-state index in [0.717, 1.165) is 43.6 Å². The first-order valence-electron chi connectivity index (χ1n) is 7.53. The number of hydrogen-bond acceptors (Lipinski definition) is 3. The quantitative estimate of drug-likeness (QED) is 0.572. The van der Waals surface area contributed by atoms with E-state index in [0.29, 0.717) is 0 Å². The second kappa shape index (κ2) is 7.83. The van der Waals surface area contributed by atoms with E-state index in [1.165, 1.54) is 44.2 Å². The van der Waals surface area contributed by atoms with Crippen LogP contribution in [0.1, 0.15) is 38.5 Å². The lowest BCUT2D eigenvalue weighted by Gasteiger charge is -2.35. The summed E-state index contributed by atoms with van der Waals surface area (Å²) < 4.78 is 0. The number of thioether (sulfide) groups is 1. The molecule has 1 amide bonds. The Morgan fingerprint density at radius 2 is 1.74 bits per heavy atom. The minimum absolute atomic E-state index is 0.843. The molecule has 1 saturated carbocycles. The number of piperazine rings is 1. The number of rotatable bonds is 5. The van der Waals surface area contributed by atoms with Gasteiger partial charge in [0.15, 0.2) is 0 Å². The molecular weight excluding hydrogens is 256 g/mol. The average Bonchev–Trinajstić information content (AvgIpc) is 2.73. The summed E-state index contributed by atoms with van der Waals surface area (Å²) in [5, 5.41) is 0.843. The van der Waals surface area contributed by atoms with Gasteiger partial charge < -0.3 is 9.80 Å². The molecule has 108 valence electrons. The summed E-state index contributed by atoms with van der Waals surface area (Å²) in [5.41, 5.74) is 1.25. The van der Waals surface area contributed by atoms with Gasteiger partial charge in [-0.25, -0.2) is 0 Å². The van der Waals surface area contributed by atoms with Gasteiger partial charge in [-0.1, -0.05) is 32.3 Å². The predicted octanol–water partition coefficient (Wildman–Crippen LogP) is 2.73. The maximum atomic E-state index is 10.7. The van der Waals surface area contributed by atoms with Crippen LogP contribution in [0.3, 0.4) is 0 Å². The Hall–Kier alpha value is -0.640. The fraction of sp³-hybridized carbons (Fsp3) is 0.800. The predicted molar refractivity (Wildman–Crippen MR) is 82.3 cm³/mol. The molecule has 1 heterocycles. The molecule has 3 nitrogen and oxygen atoms in total. The minimum Gasteiger partial charge on any atom is -0.371 e. The third-order valence-corrected chi connectivity index (χ3v) is 5.64. The molecule has 4 heteroatoms. The largest absolute Gasteiger partial charge is 0.371 e. The second-order valence-corrected chi connectivity index (χ2v) is 6.91. The van der Waals surface area contributed by atoms with E-state index in [2.05, 4.69) is 23.2 Å². The van der Waals surface area contributed by atoms with Crippen LogP contribution in [-0.4, -0.2) is 53.4 Å². The van der Waals surface area contributed by atoms with Crippen molar-refractivity contribution >= 4 is 18.2 Å². The number of carbonyl (C=O) groups excluding carboxylic acids is 1. The first-order chi connectivity index (χ1) is 9.29. The van der Waals surface area contributed by atoms with E-state index < -0.39 is 0 Å². The summed E-state index contributed by atoms with van der Waals surface area (Å²) in [4.78, 5) is 14.9. The summed E-state index contributed by atoms with van der Waals surface area (Å²) in [7, 11) is 0. The van der Waals surface area contributed by atoms with Crippen molar-refractivity contribution in [2.45, 2.75) is 43.8 Å². The minimum atomic E-state index is 0.843. The molecule has 0 bridgehead atoms. The van der Waals surface area contributed by atoms with Gasteiger partial charge in [-0.3, -0.25) is 4.79 Å². The Morgan fingerprint density at radius 1 is 1.11 bits per heavy atom. The van der Waals surface area contributed by atoms with Crippen LogP contribution in [0.25, 0.3) is 0 Å². The molecule has 0 unspecified atom stereocenters. The van der Waals surface area contributed by atoms with Crippen molar-refractivity contribution in [2.75, 3.05) is 31.9 Å². The van der Waals surface area contributed by atoms with E-state index >= 15 is 0 Å². The van der Waals surface area contributed by atoms with E-state index in [-0.39, 0.29) is 0 Å². The Kier molecular flexibility index (Phi) is 6.08. The third kappa shape index (κ3) is 4.75. The standard InChI is InChI=1S/C15H26N2OS/c1-14(17-10-8-16(13-18)9-11-17)12-19-15-6-4-2-3-5-7-15/h13,15H,1-12H2. The molecule has 0 aromatic rings. The molecule has 0 spiro atoms. The van der Waals surface area contributed by atoms with Gasteiger partial charge in [0.2, 0.25) is 6.41 Å². The van der Waals surface area contributed by atoms with Crippen molar-refractivity contribution in [3.05, 3.63) is 12.3 Å². The molecule has 0 aromatic heterocycles. The van der Waals surface area contributed by atoms with Crippen LogP contribution in [0.4, 0.5) is 0 Å². The lowest BCUT2D eigenvalue weighted by molar-refractivity contribution is -0.119. The second-order valence-electron chi connectivity index (χ2n) is 5.62. The Balaban J connectivity index is 1.67. The molecule has 2 rings (SSSR count). The van der Waals surface area contributed by atoms with Crippen molar-refractivity contribution in [3.8, 4) is 0 Å². The Labute approximate surface area is 121 Å². The van der Waals surface area contributed by atoms with Crippen LogP contribution in [0, 0.1) is 0 Å². The fourth-order valence-electron chi connectivity index (χ4n) is 2.86. The van der Waals surface area contributed by atoms with Gasteiger partial charge in [-0.2, -0.15) is 11.8 Å². The molecule has 1 aliphatic heterocycles. The maximum Gasteiger partial charge on any atom is 0.209 e. The zero-order chi connectivity index (χ0) is 13.5. The van der Waals surface area contributed by atoms with E-state index in [1.807, 2.05) is 4.90 Å². The van der Waals surface area contributed by atoms with Gasteiger partial charge >= 0.3 is 0 Å². The van der Waals surface area contributed by atoms with Gasteiger partial charge in [-0.15, -0.1) is 0 Å². The summed E-state index contributed by atoms with van der Waals surface area (Å²) in [6, 6.07) is 0. The molecule has 2 aliphatic rings. The smallest absolute Gasteiger partial charge is 0.209 e. The van der Waals surface area contributed by atoms with Crippen molar-refractivity contribution in [3.63, 3.8) is 0 Å². The Morgan fingerprint density at radius 3 is 2.32 bits per heavy atom. The molecule has 0 atom stereocenters. The van der Waals surface area contributed by atoms with Crippen molar-refractivity contribution in [1.29, 1.82) is 0 Å². The molecule has 0 aromatic carbocycles. The van der Waals surface area contributed by atoms with Crippen LogP contribution >= 0.6 is 11.8 Å². The third-order valence-electron chi connectivity index (χ3n) is 4.20. The van der Waals surface area contributed by atoms with Crippen molar-refractivity contribution in [2.24, 2.45) is 0 Å². The van der Waals surface area contributed by atoms with Crippen LogP contribution in [0.5, 0.6) is 0 Å². The van der Waals surface area contributed by atoms with Crippen LogP contribution in [0.15, 0.2) is 12.3 Å². The zero-order valence-electron chi connectivity index (χ0n) is 11.9. The molecule has 1 aliphatic carbocycles. The zero-order valence-corrected chi connectivity index (χ0v) is 12.7. The van der Waals surface area contributed by atoms with Gasteiger partial charge in [0.25, 0.3) is 0 Å².